The van der Waals surface area contributed by atoms with Gasteiger partial charge in [-0.3, -0.25) is 24.1 Å². The van der Waals surface area contributed by atoms with Crippen molar-refractivity contribution in [2.45, 2.75) is 37.9 Å². The summed E-state index contributed by atoms with van der Waals surface area (Å²) in [5.41, 5.74) is 2.02. The van der Waals surface area contributed by atoms with E-state index >= 15 is 0 Å². The highest BCUT2D eigenvalue weighted by atomic mass is 32.2. The number of hydrogen-bond acceptors (Lipinski definition) is 6. The summed E-state index contributed by atoms with van der Waals surface area (Å²) in [6, 6.07) is 4.38. The average Bonchev–Trinajstić information content (AvgIpc) is 3.16. The summed E-state index contributed by atoms with van der Waals surface area (Å²) in [6.45, 7) is 0.621. The fourth-order valence-corrected chi connectivity index (χ4v) is 4.64. The predicted molar refractivity (Wildman–Crippen MR) is 96.8 cm³/mol. The van der Waals surface area contributed by atoms with Crippen LogP contribution in [0.4, 0.5) is 5.69 Å². The second-order valence-corrected chi connectivity index (χ2v) is 7.78. The molecule has 136 valence electrons. The molecule has 2 saturated heterocycles. The molecule has 0 bridgehead atoms. The van der Waals surface area contributed by atoms with Crippen LogP contribution in [-0.2, 0) is 20.8 Å². The molecule has 3 aliphatic heterocycles. The van der Waals surface area contributed by atoms with E-state index in [0.29, 0.717) is 18.5 Å². The highest BCUT2D eigenvalue weighted by Gasteiger charge is 2.42. The molecule has 3 aliphatic rings. The fourth-order valence-electron chi connectivity index (χ4n) is 3.77. The third kappa shape index (κ3) is 3.14. The minimum Gasteiger partial charge on any atom is -0.336 e. The summed E-state index contributed by atoms with van der Waals surface area (Å²) in [5.74, 6) is -0.198. The predicted octanol–water partition coefficient (Wildman–Crippen LogP) is 0.934. The van der Waals surface area contributed by atoms with E-state index in [0.717, 1.165) is 35.9 Å². The van der Waals surface area contributed by atoms with Gasteiger partial charge in [0.05, 0.1) is 18.3 Å². The van der Waals surface area contributed by atoms with E-state index in [1.54, 1.807) is 18.2 Å². The Labute approximate surface area is 154 Å². The number of nitrogens with one attached hydrogen (secondary N) is 2. The maximum atomic E-state index is 12.7. The first kappa shape index (κ1) is 17.2. The van der Waals surface area contributed by atoms with Crippen molar-refractivity contribution >= 4 is 40.2 Å². The van der Waals surface area contributed by atoms with Gasteiger partial charge in [-0.15, -0.1) is 0 Å². The van der Waals surface area contributed by atoms with Crippen LogP contribution in [0, 0.1) is 0 Å². The van der Waals surface area contributed by atoms with Crippen LogP contribution in [0.2, 0.25) is 0 Å². The number of fused-ring (bicyclic) bond motifs is 1. The summed E-state index contributed by atoms with van der Waals surface area (Å²) in [6.07, 6.45) is 2.49. The number of carbonyl (C=O) groups is 4. The lowest BCUT2D eigenvalue weighted by Crippen LogP contribution is -2.57. The van der Waals surface area contributed by atoms with Gasteiger partial charge >= 0.3 is 0 Å². The Morgan fingerprint density at radius 1 is 1.23 bits per heavy atom. The quantitative estimate of drug-likeness (QED) is 0.766. The molecule has 0 saturated carbocycles. The first-order chi connectivity index (χ1) is 12.5. The summed E-state index contributed by atoms with van der Waals surface area (Å²) in [5, 5.41) is 5.59. The summed E-state index contributed by atoms with van der Waals surface area (Å²) in [7, 11) is 0. The molecule has 2 atom stereocenters. The molecular weight excluding hydrogens is 354 g/mol. The highest BCUT2D eigenvalue weighted by Crippen LogP contribution is 2.28. The SMILES string of the molecule is O=C1Cc2cc(C(=O)NC3CCCCN3C3C(=O)CSC3=O)ccc2N1. The van der Waals surface area contributed by atoms with Gasteiger partial charge in [-0.05, 0) is 43.0 Å². The zero-order chi connectivity index (χ0) is 18.3. The molecule has 2 fully saturated rings. The first-order valence-corrected chi connectivity index (χ1v) is 9.70. The monoisotopic (exact) mass is 373 g/mol. The Kier molecular flexibility index (Phi) is 4.54. The number of amides is 2. The number of Topliss-reactive ketones (excluding diaryl/α,β-unsaturated/α-hetero) is 1. The van der Waals surface area contributed by atoms with E-state index in [4.69, 9.17) is 0 Å². The third-order valence-corrected chi connectivity index (χ3v) is 5.99. The largest absolute Gasteiger partial charge is 0.336 e. The van der Waals surface area contributed by atoms with Gasteiger partial charge in [0.1, 0.15) is 6.04 Å². The number of anilines is 1. The Morgan fingerprint density at radius 3 is 2.85 bits per heavy atom. The van der Waals surface area contributed by atoms with Gasteiger partial charge in [0.15, 0.2) is 5.78 Å². The smallest absolute Gasteiger partial charge is 0.252 e. The van der Waals surface area contributed by atoms with Crippen molar-refractivity contribution < 1.29 is 19.2 Å². The van der Waals surface area contributed by atoms with E-state index in [1.807, 2.05) is 4.90 Å². The van der Waals surface area contributed by atoms with Crippen LogP contribution >= 0.6 is 11.8 Å². The molecule has 0 aliphatic carbocycles. The normalized spacial score (nSPS) is 25.9. The number of rotatable bonds is 3. The van der Waals surface area contributed by atoms with Crippen LogP contribution in [-0.4, -0.2) is 52.1 Å². The van der Waals surface area contributed by atoms with Crippen molar-refractivity contribution in [2.75, 3.05) is 17.6 Å². The van der Waals surface area contributed by atoms with Crippen molar-refractivity contribution in [3.8, 4) is 0 Å². The average molecular weight is 373 g/mol. The van der Waals surface area contributed by atoms with Gasteiger partial charge in [-0.25, -0.2) is 0 Å². The number of thioether (sulfide) groups is 1. The van der Waals surface area contributed by atoms with Gasteiger partial charge < -0.3 is 10.6 Å². The number of carbonyl (C=O) groups excluding carboxylic acids is 4. The Balaban J connectivity index is 1.51. The van der Waals surface area contributed by atoms with Crippen LogP contribution < -0.4 is 10.6 Å². The van der Waals surface area contributed by atoms with Crippen LogP contribution in [0.25, 0.3) is 0 Å². The molecule has 2 unspecified atom stereocenters. The topological polar surface area (TPSA) is 95.6 Å². The van der Waals surface area contributed by atoms with Gasteiger partial charge in [0.2, 0.25) is 11.0 Å². The molecule has 2 N–H and O–H groups in total. The number of likely N-dealkylation sites (tertiary alicyclic amines) is 1. The number of hydrogen-bond donors (Lipinski definition) is 2. The molecule has 0 aromatic heterocycles. The van der Waals surface area contributed by atoms with Crippen LogP contribution in [0.3, 0.4) is 0 Å². The van der Waals surface area contributed by atoms with Gasteiger partial charge in [0.25, 0.3) is 5.91 Å². The van der Waals surface area contributed by atoms with Crippen molar-refractivity contribution in [3.63, 3.8) is 0 Å². The van der Waals surface area contributed by atoms with Crippen LogP contribution in [0.5, 0.6) is 0 Å². The molecule has 2 amide bonds. The second-order valence-electron chi connectivity index (χ2n) is 6.80. The number of piperidine rings is 1. The zero-order valence-electron chi connectivity index (χ0n) is 14.1. The molecule has 1 aromatic carbocycles. The Morgan fingerprint density at radius 2 is 2.08 bits per heavy atom. The second kappa shape index (κ2) is 6.85. The molecule has 4 rings (SSSR count). The van der Waals surface area contributed by atoms with E-state index in [2.05, 4.69) is 10.6 Å². The van der Waals surface area contributed by atoms with Crippen LogP contribution in [0.1, 0.15) is 35.2 Å². The molecule has 0 spiro atoms. The van der Waals surface area contributed by atoms with Crippen molar-refractivity contribution in [3.05, 3.63) is 29.3 Å². The minimum absolute atomic E-state index is 0.0771. The lowest BCUT2D eigenvalue weighted by atomic mass is 10.0. The molecule has 0 radical (unpaired) electrons. The van der Waals surface area contributed by atoms with Crippen molar-refractivity contribution in [2.24, 2.45) is 0 Å². The first-order valence-electron chi connectivity index (χ1n) is 8.71. The minimum atomic E-state index is -0.743. The van der Waals surface area contributed by atoms with Crippen molar-refractivity contribution in [1.82, 2.24) is 10.2 Å². The van der Waals surface area contributed by atoms with Crippen LogP contribution in [0.15, 0.2) is 18.2 Å². The summed E-state index contributed by atoms with van der Waals surface area (Å²) >= 11 is 1.06. The maximum absolute atomic E-state index is 12.7. The maximum Gasteiger partial charge on any atom is 0.252 e. The lowest BCUT2D eigenvalue weighted by molar-refractivity contribution is -0.129. The molecule has 1 aromatic rings. The van der Waals surface area contributed by atoms with Gasteiger partial charge in [-0.2, -0.15) is 0 Å². The van der Waals surface area contributed by atoms with Gasteiger partial charge in [-0.1, -0.05) is 11.8 Å². The molecule has 7 nitrogen and oxygen atoms in total. The van der Waals surface area contributed by atoms with E-state index < -0.39 is 6.04 Å². The third-order valence-electron chi connectivity index (χ3n) is 5.05. The number of benzene rings is 1. The van der Waals surface area contributed by atoms with Gasteiger partial charge in [0, 0.05) is 17.8 Å². The Bertz CT molecular complexity index is 794. The highest BCUT2D eigenvalue weighted by molar-refractivity contribution is 8.15. The van der Waals surface area contributed by atoms with Crippen molar-refractivity contribution in [1.29, 1.82) is 0 Å². The Hall–Kier alpha value is -2.19. The molecular formula is C18H19N3O4S. The lowest BCUT2D eigenvalue weighted by Gasteiger charge is -2.38. The summed E-state index contributed by atoms with van der Waals surface area (Å²) < 4.78 is 0. The fraction of sp³-hybridized carbons (Fsp3) is 0.444. The van der Waals surface area contributed by atoms with E-state index in [1.165, 1.54) is 0 Å². The number of ketones is 1. The molecule has 3 heterocycles. The zero-order valence-corrected chi connectivity index (χ0v) is 14.9. The summed E-state index contributed by atoms with van der Waals surface area (Å²) in [4.78, 5) is 50.2. The standard InChI is InChI=1S/C18H19N3O4S/c22-13-9-26-18(25)16(13)21-6-2-1-3-14(21)20-17(24)10-4-5-12-11(7-10)8-15(23)19-12/h4-5,7,14,16H,1-3,6,8-9H2,(H,19,23)(H,20,24). The van der Waals surface area contributed by atoms with E-state index in [9.17, 15) is 19.2 Å². The van der Waals surface area contributed by atoms with E-state index in [-0.39, 0.29) is 41.1 Å². The molecule has 8 heteroatoms. The number of nitrogens with zero attached hydrogens (tertiary/aromatic N) is 1. The molecule has 26 heavy (non-hydrogen) atoms.